The molecule has 0 fully saturated rings. The summed E-state index contributed by atoms with van der Waals surface area (Å²) < 4.78 is 8.45. The van der Waals surface area contributed by atoms with Gasteiger partial charge in [-0.15, -0.1) is 5.69 Å². The number of benzene rings is 5. The minimum atomic E-state index is 0. The van der Waals surface area contributed by atoms with E-state index >= 15 is 0 Å². The Hall–Kier alpha value is -4.90. The first-order chi connectivity index (χ1) is 20.7. The minimum absolute atomic E-state index is 0. The maximum absolute atomic E-state index is 10.8. The fourth-order valence-corrected chi connectivity index (χ4v) is 6.73. The molecule has 43 heavy (non-hydrogen) atoms. The largest absolute Gasteiger partial charge is 0.654 e. The first-order valence-electron chi connectivity index (χ1n) is 14.3. The van der Waals surface area contributed by atoms with Crippen molar-refractivity contribution in [2.24, 2.45) is 5.92 Å². The Balaban J connectivity index is 0.00000278. The molecule has 1 atom stereocenters. The van der Waals surface area contributed by atoms with Gasteiger partial charge < -0.3 is 19.4 Å². The summed E-state index contributed by atoms with van der Waals surface area (Å²) in [6, 6.07) is 32.9. The Morgan fingerprint density at radius 3 is 2.44 bits per heavy atom. The Morgan fingerprint density at radius 1 is 0.791 bits per heavy atom. The van der Waals surface area contributed by atoms with Gasteiger partial charge in [0.2, 0.25) is 0 Å². The maximum Gasteiger partial charge on any atom is 0.135 e. The van der Waals surface area contributed by atoms with Gasteiger partial charge >= 0.3 is 0 Å². The number of hydrogen-bond donors (Lipinski definition) is 1. The van der Waals surface area contributed by atoms with Crippen LogP contribution in [0.25, 0.3) is 60.7 Å². The minimum Gasteiger partial charge on any atom is -0.654 e. The number of phenolic OH excluding ortho intramolecular Hbond substituents is 1. The van der Waals surface area contributed by atoms with E-state index in [4.69, 9.17) is 9.73 Å². The van der Waals surface area contributed by atoms with E-state index in [0.717, 1.165) is 34.2 Å². The molecule has 7 aromatic rings. The summed E-state index contributed by atoms with van der Waals surface area (Å²) in [5.41, 5.74) is 9.08. The van der Waals surface area contributed by atoms with E-state index in [2.05, 4.69) is 83.5 Å². The zero-order valence-electron chi connectivity index (χ0n) is 23.1. The van der Waals surface area contributed by atoms with Crippen LogP contribution in [0.2, 0.25) is 0 Å². The molecule has 2 aromatic heterocycles. The molecule has 5 heteroatoms. The normalized spacial score (nSPS) is 15.4. The van der Waals surface area contributed by atoms with Gasteiger partial charge in [-0.25, -0.2) is 0 Å². The van der Waals surface area contributed by atoms with Crippen molar-refractivity contribution in [3.8, 4) is 11.4 Å². The van der Waals surface area contributed by atoms with E-state index < -0.39 is 0 Å². The van der Waals surface area contributed by atoms with E-state index in [9.17, 15) is 5.11 Å². The van der Waals surface area contributed by atoms with E-state index in [-0.39, 0.29) is 24.3 Å². The van der Waals surface area contributed by atoms with Crippen LogP contribution >= 0.6 is 0 Å². The molecule has 2 aliphatic carbocycles. The summed E-state index contributed by atoms with van der Waals surface area (Å²) >= 11 is 0. The van der Waals surface area contributed by atoms with Crippen molar-refractivity contribution in [1.82, 2.24) is 4.57 Å². The number of aromatic nitrogens is 1. The number of rotatable bonds is 3. The van der Waals surface area contributed by atoms with Gasteiger partial charge in [0.1, 0.15) is 16.9 Å². The topological polar surface area (TPSA) is 52.4 Å². The molecule has 2 aliphatic rings. The van der Waals surface area contributed by atoms with Gasteiger partial charge in [0.25, 0.3) is 0 Å². The number of furan rings is 1. The number of aromatic hydroxyl groups is 1. The standard InChI is InChI=1S/C38H25N2O2.V/c41-34-17-18-36-37(29-11-5-6-12-35(29)42-36)38(34)39-27-13-15-28(16-14-27)40-32-21-25-9-3-1-7-23(25)19-30(32)31-20-24-8-2-4-10-26(24)22-33(31)40;/h1-21,26,41H,22H2;/q-1;. The van der Waals surface area contributed by atoms with Crippen molar-refractivity contribution < 1.29 is 28.1 Å². The van der Waals surface area contributed by atoms with Gasteiger partial charge in [-0.05, 0) is 71.3 Å². The quantitative estimate of drug-likeness (QED) is 0.222. The van der Waals surface area contributed by atoms with E-state index in [0.29, 0.717) is 17.2 Å². The maximum atomic E-state index is 10.8. The van der Waals surface area contributed by atoms with Gasteiger partial charge in [-0.1, -0.05) is 84.6 Å². The zero-order chi connectivity index (χ0) is 27.8. The van der Waals surface area contributed by atoms with Crippen molar-refractivity contribution in [1.29, 1.82) is 0 Å². The molecule has 5 aromatic carbocycles. The predicted octanol–water partition coefficient (Wildman–Crippen LogP) is 10.4. The average molecular weight is 593 g/mol. The van der Waals surface area contributed by atoms with Crippen molar-refractivity contribution in [3.63, 3.8) is 0 Å². The van der Waals surface area contributed by atoms with Crippen LogP contribution in [0.15, 0.2) is 131 Å². The number of phenols is 1. The molecule has 2 heterocycles. The summed E-state index contributed by atoms with van der Waals surface area (Å²) in [6.07, 6.45) is 12.2. The van der Waals surface area contributed by atoms with Crippen LogP contribution < -0.4 is 0 Å². The van der Waals surface area contributed by atoms with Crippen LogP contribution in [-0.4, -0.2) is 9.67 Å². The second-order valence-corrected chi connectivity index (χ2v) is 11.1. The Labute approximate surface area is 260 Å². The van der Waals surface area contributed by atoms with Gasteiger partial charge in [0, 0.05) is 57.6 Å². The summed E-state index contributed by atoms with van der Waals surface area (Å²) in [7, 11) is 0. The molecule has 4 nitrogen and oxygen atoms in total. The molecule has 0 amide bonds. The monoisotopic (exact) mass is 592 g/mol. The van der Waals surface area contributed by atoms with Crippen molar-refractivity contribution in [3.05, 3.63) is 144 Å². The molecular formula is C38H25N2O2V-. The molecule has 0 spiro atoms. The number of nitrogens with zero attached hydrogens (tertiary/aromatic N) is 2. The first-order valence-corrected chi connectivity index (χ1v) is 14.3. The fraction of sp³-hybridized carbons (Fsp3) is 0.0526. The van der Waals surface area contributed by atoms with Crippen molar-refractivity contribution in [2.45, 2.75) is 6.42 Å². The third-order valence-electron chi connectivity index (χ3n) is 8.72. The Bertz CT molecular complexity index is 2320. The van der Waals surface area contributed by atoms with Crippen LogP contribution in [0.1, 0.15) is 11.3 Å². The average Bonchev–Trinajstić information content (AvgIpc) is 3.55. The Kier molecular flexibility index (Phi) is 5.90. The molecule has 1 N–H and O–H groups in total. The van der Waals surface area contributed by atoms with Gasteiger partial charge in [-0.2, -0.15) is 0 Å². The van der Waals surface area contributed by atoms with Gasteiger partial charge in [0.05, 0.1) is 5.52 Å². The van der Waals surface area contributed by atoms with E-state index in [1.165, 1.54) is 38.5 Å². The van der Waals surface area contributed by atoms with Crippen molar-refractivity contribution >= 4 is 61.1 Å². The molecule has 9 rings (SSSR count). The van der Waals surface area contributed by atoms with Gasteiger partial charge in [-0.3, -0.25) is 0 Å². The van der Waals surface area contributed by atoms with Crippen LogP contribution in [-0.2, 0) is 25.0 Å². The molecule has 0 saturated heterocycles. The van der Waals surface area contributed by atoms with E-state index in [1.54, 1.807) is 12.1 Å². The molecule has 1 radical (unpaired) electrons. The molecule has 1 unspecified atom stereocenters. The van der Waals surface area contributed by atoms with Crippen LogP contribution in [0.3, 0.4) is 0 Å². The second kappa shape index (κ2) is 9.84. The molecule has 0 bridgehead atoms. The fourth-order valence-electron chi connectivity index (χ4n) is 6.73. The third kappa shape index (κ3) is 3.99. The molecule has 205 valence electrons. The van der Waals surface area contributed by atoms with Crippen molar-refractivity contribution in [2.75, 3.05) is 0 Å². The Morgan fingerprint density at radius 2 is 1.58 bits per heavy atom. The SMILES string of the molecule is Oc1ccc2oc3ccccc3c2c1[N-]c1ccc(-n2c3c(c4cc5ccccc5cc42)C=C2C=CC=CC2C3)cc1.[V]. The van der Waals surface area contributed by atoms with E-state index in [1.807, 2.05) is 36.4 Å². The second-order valence-electron chi connectivity index (χ2n) is 11.1. The smallest absolute Gasteiger partial charge is 0.135 e. The summed E-state index contributed by atoms with van der Waals surface area (Å²) in [5.74, 6) is 0.509. The summed E-state index contributed by atoms with van der Waals surface area (Å²) in [6.45, 7) is 0. The van der Waals surface area contributed by atoms with Crippen LogP contribution in [0.5, 0.6) is 5.75 Å². The number of fused-ring (bicyclic) bond motifs is 8. The molecule has 0 saturated carbocycles. The summed E-state index contributed by atoms with van der Waals surface area (Å²) in [5, 5.41) is 21.3. The molecule has 0 aliphatic heterocycles. The van der Waals surface area contributed by atoms with Gasteiger partial charge in [0.15, 0.2) is 0 Å². The zero-order valence-corrected chi connectivity index (χ0v) is 24.5. The number of allylic oxidation sites excluding steroid dienone is 5. The number of hydrogen-bond acceptors (Lipinski definition) is 2. The predicted molar refractivity (Wildman–Crippen MR) is 172 cm³/mol. The third-order valence-corrected chi connectivity index (χ3v) is 8.72. The first kappa shape index (κ1) is 25.8. The molecular weight excluding hydrogens is 567 g/mol. The number of para-hydroxylation sites is 1. The summed E-state index contributed by atoms with van der Waals surface area (Å²) in [4.78, 5) is 0. The van der Waals surface area contributed by atoms with Crippen LogP contribution in [0, 0.1) is 5.92 Å². The van der Waals surface area contributed by atoms with Crippen LogP contribution in [0.4, 0.5) is 11.4 Å².